The average molecular weight is 305 g/mol. The van der Waals surface area contributed by atoms with Gasteiger partial charge in [-0.2, -0.15) is 0 Å². The van der Waals surface area contributed by atoms with E-state index >= 15 is 0 Å². The second kappa shape index (κ2) is 6.25. The van der Waals surface area contributed by atoms with Crippen molar-refractivity contribution in [3.63, 3.8) is 0 Å². The first kappa shape index (κ1) is 15.8. The van der Waals surface area contributed by atoms with E-state index in [-0.39, 0.29) is 9.92 Å². The van der Waals surface area contributed by atoms with E-state index in [0.717, 1.165) is 6.42 Å². The van der Waals surface area contributed by atoms with Gasteiger partial charge in [-0.15, -0.1) is 0 Å². The van der Waals surface area contributed by atoms with E-state index in [0.29, 0.717) is 12.2 Å². The third-order valence-electron chi connectivity index (χ3n) is 2.68. The van der Waals surface area contributed by atoms with Crippen LogP contribution < -0.4 is 11.1 Å². The van der Waals surface area contributed by atoms with E-state index in [1.54, 1.807) is 0 Å². The smallest absolute Gasteiger partial charge is 0.238 e. The molecule has 19 heavy (non-hydrogen) atoms. The number of benzene rings is 1. The number of sulfone groups is 1. The summed E-state index contributed by atoms with van der Waals surface area (Å²) in [5, 5.41) is 1.55. The Balaban J connectivity index is 3.02. The first-order valence-corrected chi connectivity index (χ1v) is 7.79. The van der Waals surface area contributed by atoms with Gasteiger partial charge in [0, 0.05) is 6.54 Å². The lowest BCUT2D eigenvalue weighted by Crippen LogP contribution is -2.38. The molecule has 0 aliphatic rings. The van der Waals surface area contributed by atoms with Crippen LogP contribution in [0.15, 0.2) is 23.1 Å². The zero-order valence-corrected chi connectivity index (χ0v) is 12.4. The van der Waals surface area contributed by atoms with Crippen molar-refractivity contribution in [3.8, 4) is 0 Å². The molecule has 1 amide bonds. The number of rotatable bonds is 5. The molecule has 0 aromatic heterocycles. The third kappa shape index (κ3) is 3.61. The predicted octanol–water partition coefficient (Wildman–Crippen LogP) is 1.61. The summed E-state index contributed by atoms with van der Waals surface area (Å²) in [7, 11) is -3.76. The Hall–Kier alpha value is -1.27. The molecule has 1 aromatic carbocycles. The number of hydrogen-bond donors (Lipinski definition) is 2. The summed E-state index contributed by atoms with van der Waals surface area (Å²) in [6, 6.07) is 4.02. The Kier molecular flexibility index (Phi) is 5.20. The zero-order valence-electron chi connectivity index (χ0n) is 10.8. The molecule has 0 aliphatic carbocycles. The fourth-order valence-electron chi connectivity index (χ4n) is 1.42. The maximum atomic E-state index is 12.2. The van der Waals surface area contributed by atoms with E-state index in [1.165, 1.54) is 25.1 Å². The number of nitrogen functional groups attached to an aromatic ring is 1. The molecule has 1 rings (SSSR count). The molecular weight excluding hydrogens is 288 g/mol. The molecule has 1 atom stereocenters. The van der Waals surface area contributed by atoms with E-state index < -0.39 is 21.0 Å². The number of hydrogen-bond acceptors (Lipinski definition) is 4. The molecule has 1 aromatic rings. The van der Waals surface area contributed by atoms with Gasteiger partial charge in [-0.3, -0.25) is 4.79 Å². The van der Waals surface area contributed by atoms with Crippen molar-refractivity contribution in [1.29, 1.82) is 0 Å². The summed E-state index contributed by atoms with van der Waals surface area (Å²) >= 11 is 5.80. The normalized spacial score (nSPS) is 13.0. The number of nitrogens with two attached hydrogens (primary N) is 1. The van der Waals surface area contributed by atoms with E-state index in [2.05, 4.69) is 5.32 Å². The van der Waals surface area contributed by atoms with Crippen molar-refractivity contribution in [3.05, 3.63) is 23.2 Å². The molecule has 0 saturated heterocycles. The summed E-state index contributed by atoms with van der Waals surface area (Å²) in [5.41, 5.74) is 5.82. The highest BCUT2D eigenvalue weighted by Gasteiger charge is 2.29. The summed E-state index contributed by atoms with van der Waals surface area (Å²) in [5.74, 6) is -0.519. The van der Waals surface area contributed by atoms with Crippen LogP contribution in [0.5, 0.6) is 0 Å². The monoisotopic (exact) mass is 304 g/mol. The van der Waals surface area contributed by atoms with Crippen molar-refractivity contribution in [2.45, 2.75) is 30.4 Å². The minimum absolute atomic E-state index is 0.00847. The second-order valence-electron chi connectivity index (χ2n) is 4.16. The van der Waals surface area contributed by atoms with Gasteiger partial charge >= 0.3 is 0 Å². The van der Waals surface area contributed by atoms with Gasteiger partial charge in [-0.25, -0.2) is 8.42 Å². The number of carbonyl (C=O) groups excluding carboxylic acids is 1. The van der Waals surface area contributed by atoms with Gasteiger partial charge in [0.15, 0.2) is 9.84 Å². The summed E-state index contributed by atoms with van der Waals surface area (Å²) in [4.78, 5) is 11.7. The molecule has 0 aliphatic heterocycles. The minimum Gasteiger partial charge on any atom is -0.398 e. The van der Waals surface area contributed by atoms with Crippen LogP contribution in [0.1, 0.15) is 20.3 Å². The summed E-state index contributed by atoms with van der Waals surface area (Å²) in [6.07, 6.45) is 0.742. The fraction of sp³-hybridized carbons (Fsp3) is 0.417. The van der Waals surface area contributed by atoms with Crippen LogP contribution in [-0.4, -0.2) is 26.1 Å². The predicted molar refractivity (Wildman–Crippen MR) is 75.8 cm³/mol. The second-order valence-corrected chi connectivity index (χ2v) is 6.84. The lowest BCUT2D eigenvalue weighted by Gasteiger charge is -2.13. The van der Waals surface area contributed by atoms with Crippen molar-refractivity contribution in [2.24, 2.45) is 0 Å². The number of nitrogens with one attached hydrogen (secondary N) is 1. The molecule has 0 saturated carbocycles. The summed E-state index contributed by atoms with van der Waals surface area (Å²) < 4.78 is 24.5. The van der Waals surface area contributed by atoms with Gasteiger partial charge in [0.1, 0.15) is 5.25 Å². The van der Waals surface area contributed by atoms with Crippen molar-refractivity contribution in [1.82, 2.24) is 5.32 Å². The highest BCUT2D eigenvalue weighted by atomic mass is 35.5. The van der Waals surface area contributed by atoms with Gasteiger partial charge < -0.3 is 11.1 Å². The highest BCUT2D eigenvalue weighted by molar-refractivity contribution is 7.92. The fourth-order valence-corrected chi connectivity index (χ4v) is 2.98. The molecule has 106 valence electrons. The van der Waals surface area contributed by atoms with Crippen LogP contribution >= 0.6 is 11.6 Å². The van der Waals surface area contributed by atoms with Crippen molar-refractivity contribution in [2.75, 3.05) is 12.3 Å². The Morgan fingerprint density at radius 3 is 2.63 bits per heavy atom. The molecule has 0 fully saturated rings. The Morgan fingerprint density at radius 2 is 2.11 bits per heavy atom. The van der Waals surface area contributed by atoms with E-state index in [4.69, 9.17) is 17.3 Å². The maximum Gasteiger partial charge on any atom is 0.238 e. The van der Waals surface area contributed by atoms with Crippen LogP contribution in [0.3, 0.4) is 0 Å². The molecule has 0 spiro atoms. The molecule has 0 heterocycles. The van der Waals surface area contributed by atoms with Gasteiger partial charge in [0.05, 0.1) is 15.6 Å². The Bertz CT molecular complexity index is 572. The van der Waals surface area contributed by atoms with Gasteiger partial charge in [0.2, 0.25) is 5.91 Å². The number of amides is 1. The lowest BCUT2D eigenvalue weighted by atomic mass is 10.3. The average Bonchev–Trinajstić information content (AvgIpc) is 2.37. The topological polar surface area (TPSA) is 89.3 Å². The van der Waals surface area contributed by atoms with Gasteiger partial charge in [0.25, 0.3) is 0 Å². The molecule has 0 radical (unpaired) electrons. The SMILES string of the molecule is CCCNC(=O)C(C)S(=O)(=O)c1ccc(N)c(Cl)c1. The van der Waals surface area contributed by atoms with Gasteiger partial charge in [-0.05, 0) is 31.5 Å². The molecule has 5 nitrogen and oxygen atoms in total. The Labute approximate surface area is 118 Å². The molecule has 1 unspecified atom stereocenters. The Morgan fingerprint density at radius 1 is 1.47 bits per heavy atom. The quantitative estimate of drug-likeness (QED) is 0.809. The first-order chi connectivity index (χ1) is 8.80. The lowest BCUT2D eigenvalue weighted by molar-refractivity contribution is -0.120. The van der Waals surface area contributed by atoms with Crippen LogP contribution in [0, 0.1) is 0 Å². The number of carbonyl (C=O) groups is 1. The largest absolute Gasteiger partial charge is 0.398 e. The molecular formula is C12H17ClN2O3S. The van der Waals surface area contributed by atoms with Crippen LogP contribution in [-0.2, 0) is 14.6 Å². The van der Waals surface area contributed by atoms with Crippen LogP contribution in [0.25, 0.3) is 0 Å². The molecule has 7 heteroatoms. The van der Waals surface area contributed by atoms with Crippen molar-refractivity contribution >= 4 is 33.0 Å². The van der Waals surface area contributed by atoms with Gasteiger partial charge in [-0.1, -0.05) is 18.5 Å². The van der Waals surface area contributed by atoms with Crippen molar-refractivity contribution < 1.29 is 13.2 Å². The number of anilines is 1. The van der Waals surface area contributed by atoms with Crippen LogP contribution in [0.4, 0.5) is 5.69 Å². The maximum absolute atomic E-state index is 12.2. The van der Waals surface area contributed by atoms with E-state index in [1.807, 2.05) is 6.92 Å². The van der Waals surface area contributed by atoms with Crippen LogP contribution in [0.2, 0.25) is 5.02 Å². The molecule has 0 bridgehead atoms. The number of halogens is 1. The molecule has 3 N–H and O–H groups in total. The third-order valence-corrected chi connectivity index (χ3v) is 5.07. The first-order valence-electron chi connectivity index (χ1n) is 5.87. The zero-order chi connectivity index (χ0) is 14.6. The summed E-state index contributed by atoms with van der Waals surface area (Å²) in [6.45, 7) is 3.69. The van der Waals surface area contributed by atoms with E-state index in [9.17, 15) is 13.2 Å². The minimum atomic E-state index is -3.76. The highest BCUT2D eigenvalue weighted by Crippen LogP contribution is 2.24. The standard InChI is InChI=1S/C12H17ClN2O3S/c1-3-6-15-12(16)8(2)19(17,18)9-4-5-11(14)10(13)7-9/h4-5,7-8H,3,6,14H2,1-2H3,(H,15,16).